The normalized spacial score (nSPS) is 13.1. The fourth-order valence-corrected chi connectivity index (χ4v) is 2.47. The highest BCUT2D eigenvalue weighted by molar-refractivity contribution is 5.11. The third-order valence-corrected chi connectivity index (χ3v) is 3.63. The quantitative estimate of drug-likeness (QED) is 0.865. The second-order valence-electron chi connectivity index (χ2n) is 5.55. The van der Waals surface area contributed by atoms with Gasteiger partial charge in [-0.2, -0.15) is 5.10 Å². The Morgan fingerprint density at radius 2 is 2.05 bits per heavy atom. The molecule has 1 atom stereocenters. The molecule has 19 heavy (non-hydrogen) atoms. The second-order valence-corrected chi connectivity index (χ2v) is 5.55. The molecule has 1 N–H and O–H groups in total. The number of rotatable bonds is 6. The molecular formula is C15H24N4. The Bertz CT molecular complexity index is 510. The van der Waals surface area contributed by atoms with Crippen LogP contribution in [-0.2, 0) is 20.6 Å². The Balaban J connectivity index is 1.93. The average Bonchev–Trinajstić information content (AvgIpc) is 2.94. The predicted molar refractivity (Wildman–Crippen MR) is 77.9 cm³/mol. The van der Waals surface area contributed by atoms with Crippen molar-refractivity contribution in [2.75, 3.05) is 6.54 Å². The van der Waals surface area contributed by atoms with E-state index in [4.69, 9.17) is 0 Å². The fourth-order valence-electron chi connectivity index (χ4n) is 2.47. The van der Waals surface area contributed by atoms with Crippen LogP contribution in [0.25, 0.3) is 0 Å². The molecule has 2 rings (SSSR count). The molecule has 0 bridgehead atoms. The van der Waals surface area contributed by atoms with Gasteiger partial charge in [-0.05, 0) is 23.6 Å². The first-order valence-corrected chi connectivity index (χ1v) is 6.87. The minimum absolute atomic E-state index is 0.496. The number of hydrogen-bond acceptors (Lipinski definition) is 2. The van der Waals surface area contributed by atoms with Crippen LogP contribution in [0.1, 0.15) is 31.0 Å². The molecular weight excluding hydrogens is 236 g/mol. The van der Waals surface area contributed by atoms with Crippen LogP contribution in [-0.4, -0.2) is 20.9 Å². The zero-order valence-electron chi connectivity index (χ0n) is 12.3. The van der Waals surface area contributed by atoms with Gasteiger partial charge in [0, 0.05) is 57.4 Å². The third-order valence-electron chi connectivity index (χ3n) is 3.63. The first-order chi connectivity index (χ1) is 9.08. The number of hydrogen-bond donors (Lipinski definition) is 1. The van der Waals surface area contributed by atoms with Gasteiger partial charge in [-0.25, -0.2) is 0 Å². The topological polar surface area (TPSA) is 34.8 Å². The van der Waals surface area contributed by atoms with E-state index in [2.05, 4.69) is 60.4 Å². The highest BCUT2D eigenvalue weighted by atomic mass is 15.3. The SMILES string of the molecule is CC(C)[C@@H](CNCc1ccn(C)c1)c1ccnn1C. The molecule has 104 valence electrons. The van der Waals surface area contributed by atoms with Crippen LogP contribution in [0.4, 0.5) is 0 Å². The van der Waals surface area contributed by atoms with Crippen LogP contribution in [0.15, 0.2) is 30.7 Å². The van der Waals surface area contributed by atoms with Crippen molar-refractivity contribution in [3.05, 3.63) is 42.0 Å². The van der Waals surface area contributed by atoms with Gasteiger partial charge in [-0.3, -0.25) is 4.68 Å². The molecule has 2 aromatic heterocycles. The Morgan fingerprint density at radius 3 is 2.58 bits per heavy atom. The van der Waals surface area contributed by atoms with Crippen LogP contribution in [0, 0.1) is 5.92 Å². The summed E-state index contributed by atoms with van der Waals surface area (Å²) in [4.78, 5) is 0. The largest absolute Gasteiger partial charge is 0.357 e. The van der Waals surface area contributed by atoms with Crippen molar-refractivity contribution in [3.63, 3.8) is 0 Å². The van der Waals surface area contributed by atoms with E-state index in [1.54, 1.807) is 0 Å². The van der Waals surface area contributed by atoms with Crippen molar-refractivity contribution in [3.8, 4) is 0 Å². The van der Waals surface area contributed by atoms with Crippen LogP contribution in [0.5, 0.6) is 0 Å². The lowest BCUT2D eigenvalue weighted by Gasteiger charge is -2.21. The van der Waals surface area contributed by atoms with E-state index >= 15 is 0 Å². The summed E-state index contributed by atoms with van der Waals surface area (Å²) in [6.07, 6.45) is 6.11. The van der Waals surface area contributed by atoms with E-state index in [0.717, 1.165) is 13.1 Å². The first kappa shape index (κ1) is 13.9. The third kappa shape index (κ3) is 3.47. The highest BCUT2D eigenvalue weighted by Gasteiger charge is 2.18. The lowest BCUT2D eigenvalue weighted by molar-refractivity contribution is 0.437. The summed E-state index contributed by atoms with van der Waals surface area (Å²) in [7, 11) is 4.07. The minimum atomic E-state index is 0.496. The summed E-state index contributed by atoms with van der Waals surface area (Å²) in [5.74, 6) is 1.09. The zero-order valence-corrected chi connectivity index (χ0v) is 12.3. The monoisotopic (exact) mass is 260 g/mol. The summed E-state index contributed by atoms with van der Waals surface area (Å²) >= 11 is 0. The van der Waals surface area contributed by atoms with Crippen molar-refractivity contribution in [2.24, 2.45) is 20.0 Å². The Kier molecular flexibility index (Phi) is 4.43. The maximum absolute atomic E-state index is 4.28. The molecule has 4 heteroatoms. The van der Waals surface area contributed by atoms with Gasteiger partial charge in [0.1, 0.15) is 0 Å². The van der Waals surface area contributed by atoms with E-state index in [9.17, 15) is 0 Å². The molecule has 0 spiro atoms. The van der Waals surface area contributed by atoms with Crippen molar-refractivity contribution in [2.45, 2.75) is 26.3 Å². The van der Waals surface area contributed by atoms with Gasteiger partial charge in [-0.15, -0.1) is 0 Å². The number of aromatic nitrogens is 3. The molecule has 0 aliphatic heterocycles. The fraction of sp³-hybridized carbons (Fsp3) is 0.533. The van der Waals surface area contributed by atoms with Gasteiger partial charge < -0.3 is 9.88 Å². The molecule has 0 unspecified atom stereocenters. The van der Waals surface area contributed by atoms with Crippen LogP contribution in [0.3, 0.4) is 0 Å². The number of nitrogens with zero attached hydrogens (tertiary/aromatic N) is 3. The smallest absolute Gasteiger partial charge is 0.0492 e. The van der Waals surface area contributed by atoms with E-state index in [0.29, 0.717) is 11.8 Å². The summed E-state index contributed by atoms with van der Waals surface area (Å²) in [6, 6.07) is 4.27. The zero-order chi connectivity index (χ0) is 13.8. The Hall–Kier alpha value is -1.55. The van der Waals surface area contributed by atoms with Crippen LogP contribution >= 0.6 is 0 Å². The van der Waals surface area contributed by atoms with Gasteiger partial charge in [0.25, 0.3) is 0 Å². The molecule has 0 saturated carbocycles. The molecule has 0 saturated heterocycles. The maximum atomic E-state index is 4.28. The molecule has 2 heterocycles. The standard InChI is InChI=1S/C15H24N4/c1-12(2)14(15-5-7-17-19(15)4)10-16-9-13-6-8-18(3)11-13/h5-8,11-12,14,16H,9-10H2,1-4H3/t14-/m1/s1. The van der Waals surface area contributed by atoms with Crippen molar-refractivity contribution < 1.29 is 0 Å². The summed E-state index contributed by atoms with van der Waals surface area (Å²) in [5.41, 5.74) is 2.63. The lowest BCUT2D eigenvalue weighted by atomic mass is 9.92. The lowest BCUT2D eigenvalue weighted by Crippen LogP contribution is -2.26. The van der Waals surface area contributed by atoms with Crippen molar-refractivity contribution in [1.82, 2.24) is 19.7 Å². The predicted octanol–water partition coefficient (Wildman–Crippen LogP) is 2.29. The average molecular weight is 260 g/mol. The van der Waals surface area contributed by atoms with Gasteiger partial charge in [0.05, 0.1) is 0 Å². The van der Waals surface area contributed by atoms with E-state index < -0.39 is 0 Å². The first-order valence-electron chi connectivity index (χ1n) is 6.87. The highest BCUT2D eigenvalue weighted by Crippen LogP contribution is 2.22. The molecule has 2 aromatic rings. The Morgan fingerprint density at radius 1 is 1.26 bits per heavy atom. The van der Waals surface area contributed by atoms with Gasteiger partial charge in [-0.1, -0.05) is 13.8 Å². The van der Waals surface area contributed by atoms with Crippen LogP contribution in [0.2, 0.25) is 0 Å². The number of nitrogens with one attached hydrogen (secondary N) is 1. The van der Waals surface area contributed by atoms with Gasteiger partial charge >= 0.3 is 0 Å². The van der Waals surface area contributed by atoms with Crippen LogP contribution < -0.4 is 5.32 Å². The van der Waals surface area contributed by atoms with E-state index in [1.165, 1.54) is 11.3 Å². The summed E-state index contributed by atoms with van der Waals surface area (Å²) < 4.78 is 4.06. The van der Waals surface area contributed by atoms with E-state index in [-0.39, 0.29) is 0 Å². The molecule has 0 fully saturated rings. The Labute approximate surface area is 115 Å². The molecule has 0 aromatic carbocycles. The molecule has 0 radical (unpaired) electrons. The van der Waals surface area contributed by atoms with Gasteiger partial charge in [0.2, 0.25) is 0 Å². The summed E-state index contributed by atoms with van der Waals surface area (Å²) in [6.45, 7) is 6.43. The molecule has 4 nitrogen and oxygen atoms in total. The molecule has 0 aliphatic carbocycles. The van der Waals surface area contributed by atoms with Crippen molar-refractivity contribution in [1.29, 1.82) is 0 Å². The molecule has 0 amide bonds. The second kappa shape index (κ2) is 6.06. The maximum Gasteiger partial charge on any atom is 0.0492 e. The van der Waals surface area contributed by atoms with E-state index in [1.807, 2.05) is 17.9 Å². The minimum Gasteiger partial charge on any atom is -0.357 e. The number of aryl methyl sites for hydroxylation is 2. The van der Waals surface area contributed by atoms with Gasteiger partial charge in [0.15, 0.2) is 0 Å². The van der Waals surface area contributed by atoms with Crippen molar-refractivity contribution >= 4 is 0 Å². The molecule has 0 aliphatic rings. The summed E-state index contributed by atoms with van der Waals surface area (Å²) in [5, 5.41) is 7.83.